The van der Waals surface area contributed by atoms with E-state index in [9.17, 15) is 9.18 Å². The third kappa shape index (κ3) is 9.07. The number of nitrogens with zero attached hydrogens (tertiary/aromatic N) is 2. The lowest BCUT2D eigenvalue weighted by atomic mass is 9.99. The Bertz CT molecular complexity index is 909. The number of aliphatic imine (C=N–C) groups is 1. The maximum Gasteiger partial charge on any atom is 0.222 e. The van der Waals surface area contributed by atoms with Crippen LogP contribution in [0.1, 0.15) is 18.1 Å². The molecule has 0 aliphatic rings. The van der Waals surface area contributed by atoms with Crippen molar-refractivity contribution < 1.29 is 18.7 Å². The summed E-state index contributed by atoms with van der Waals surface area (Å²) >= 11 is 0. The average molecular weight is 572 g/mol. The van der Waals surface area contributed by atoms with E-state index in [1.165, 1.54) is 12.1 Å². The van der Waals surface area contributed by atoms with Gasteiger partial charge in [0.1, 0.15) is 5.82 Å². The van der Waals surface area contributed by atoms with Crippen molar-refractivity contribution in [2.45, 2.75) is 19.8 Å². The molecule has 182 valence electrons. The molecular weight excluding hydrogens is 538 g/mol. The topological polar surface area (TPSA) is 89.2 Å². The maximum absolute atomic E-state index is 13.1. The van der Waals surface area contributed by atoms with Crippen LogP contribution in [-0.2, 0) is 17.6 Å². The number of amides is 1. The van der Waals surface area contributed by atoms with Gasteiger partial charge in [0.05, 0.1) is 26.7 Å². The number of hydrogen-bond acceptors (Lipinski definition) is 4. The standard InChI is InChI=1S/C24H33FN4O3.HI/c1-5-27-24(28-16-19(23(26)30)14-17-6-9-20(25)10-7-17)29(2)13-12-18-8-11-21(31-3)22(15-18)32-4;/h6-11,15,19H,5,12-14,16H2,1-4H3,(H2,26,30)(H,27,28);1H. The zero-order valence-corrected chi connectivity index (χ0v) is 22.0. The number of ether oxygens (including phenoxy) is 2. The minimum absolute atomic E-state index is 0. The maximum atomic E-state index is 13.1. The molecule has 0 radical (unpaired) electrons. The number of guanidine groups is 1. The Morgan fingerprint density at radius 3 is 2.33 bits per heavy atom. The number of rotatable bonds is 11. The van der Waals surface area contributed by atoms with Crippen molar-refractivity contribution >= 4 is 35.8 Å². The molecule has 0 aromatic heterocycles. The highest BCUT2D eigenvalue weighted by Gasteiger charge is 2.17. The van der Waals surface area contributed by atoms with Crippen LogP contribution < -0.4 is 20.5 Å². The van der Waals surface area contributed by atoms with E-state index >= 15 is 0 Å². The van der Waals surface area contributed by atoms with Crippen LogP contribution in [0, 0.1) is 11.7 Å². The Morgan fingerprint density at radius 2 is 1.76 bits per heavy atom. The summed E-state index contributed by atoms with van der Waals surface area (Å²) in [6, 6.07) is 11.9. The lowest BCUT2D eigenvalue weighted by molar-refractivity contribution is -0.121. The van der Waals surface area contributed by atoms with Crippen LogP contribution in [0.2, 0.25) is 0 Å². The predicted molar refractivity (Wildman–Crippen MR) is 140 cm³/mol. The van der Waals surface area contributed by atoms with Crippen molar-refractivity contribution in [2.75, 3.05) is 40.9 Å². The number of hydrogen-bond donors (Lipinski definition) is 2. The number of nitrogens with one attached hydrogen (secondary N) is 1. The Hall–Kier alpha value is -2.56. The van der Waals surface area contributed by atoms with Gasteiger partial charge in [-0.2, -0.15) is 0 Å². The highest BCUT2D eigenvalue weighted by atomic mass is 127. The first kappa shape index (κ1) is 28.5. The molecule has 0 aliphatic heterocycles. The number of methoxy groups -OCH3 is 2. The van der Waals surface area contributed by atoms with Crippen molar-refractivity contribution in [1.82, 2.24) is 10.2 Å². The second kappa shape index (κ2) is 14.6. The fourth-order valence-corrected chi connectivity index (χ4v) is 3.27. The van der Waals surface area contributed by atoms with Crippen LogP contribution in [0.15, 0.2) is 47.5 Å². The molecule has 2 aromatic carbocycles. The van der Waals surface area contributed by atoms with E-state index in [0.29, 0.717) is 37.0 Å². The summed E-state index contributed by atoms with van der Waals surface area (Å²) in [4.78, 5) is 18.6. The van der Waals surface area contributed by atoms with E-state index < -0.39 is 11.8 Å². The van der Waals surface area contributed by atoms with Crippen molar-refractivity contribution in [1.29, 1.82) is 0 Å². The first-order valence-electron chi connectivity index (χ1n) is 10.6. The van der Waals surface area contributed by atoms with Gasteiger partial charge in [-0.3, -0.25) is 9.79 Å². The zero-order chi connectivity index (χ0) is 23.5. The van der Waals surface area contributed by atoms with Gasteiger partial charge in [-0.05, 0) is 55.2 Å². The summed E-state index contributed by atoms with van der Waals surface area (Å²) in [6.07, 6.45) is 1.18. The van der Waals surface area contributed by atoms with E-state index in [-0.39, 0.29) is 36.3 Å². The normalized spacial score (nSPS) is 11.8. The summed E-state index contributed by atoms with van der Waals surface area (Å²) in [6.45, 7) is 3.64. The summed E-state index contributed by atoms with van der Waals surface area (Å²) in [7, 11) is 5.17. The van der Waals surface area contributed by atoms with Crippen molar-refractivity contribution in [3.63, 3.8) is 0 Å². The fraction of sp³-hybridized carbons (Fsp3) is 0.417. The second-order valence-corrected chi connectivity index (χ2v) is 7.49. The van der Waals surface area contributed by atoms with Gasteiger partial charge in [-0.1, -0.05) is 18.2 Å². The number of nitrogens with two attached hydrogens (primary N) is 1. The van der Waals surface area contributed by atoms with Gasteiger partial charge in [-0.25, -0.2) is 4.39 Å². The van der Waals surface area contributed by atoms with Crippen LogP contribution in [-0.4, -0.2) is 57.7 Å². The van der Waals surface area contributed by atoms with Crippen LogP contribution in [0.3, 0.4) is 0 Å². The molecule has 0 bridgehead atoms. The van der Waals surface area contributed by atoms with Gasteiger partial charge >= 0.3 is 0 Å². The van der Waals surface area contributed by atoms with E-state index in [1.807, 2.05) is 37.1 Å². The number of carbonyl (C=O) groups is 1. The van der Waals surface area contributed by atoms with Crippen LogP contribution in [0.4, 0.5) is 4.39 Å². The van der Waals surface area contributed by atoms with E-state index in [2.05, 4.69) is 10.3 Å². The molecule has 9 heteroatoms. The molecule has 2 aromatic rings. The van der Waals surface area contributed by atoms with E-state index in [4.69, 9.17) is 15.2 Å². The molecular formula is C24H34FIN4O3. The monoisotopic (exact) mass is 572 g/mol. The lowest BCUT2D eigenvalue weighted by Crippen LogP contribution is -2.40. The minimum Gasteiger partial charge on any atom is -0.493 e. The third-order valence-corrected chi connectivity index (χ3v) is 5.14. The molecule has 33 heavy (non-hydrogen) atoms. The Morgan fingerprint density at radius 1 is 1.12 bits per heavy atom. The molecule has 7 nitrogen and oxygen atoms in total. The molecule has 1 unspecified atom stereocenters. The summed E-state index contributed by atoms with van der Waals surface area (Å²) in [5.41, 5.74) is 7.55. The Labute approximate surface area is 212 Å². The first-order valence-corrected chi connectivity index (χ1v) is 10.6. The van der Waals surface area contributed by atoms with Gasteiger partial charge in [0.25, 0.3) is 0 Å². The van der Waals surface area contributed by atoms with E-state index in [1.54, 1.807) is 26.4 Å². The summed E-state index contributed by atoms with van der Waals surface area (Å²) in [5, 5.41) is 3.25. The third-order valence-electron chi connectivity index (χ3n) is 5.14. The number of carbonyl (C=O) groups excluding carboxylic acids is 1. The smallest absolute Gasteiger partial charge is 0.222 e. The van der Waals surface area contributed by atoms with Crippen LogP contribution in [0.5, 0.6) is 11.5 Å². The van der Waals surface area contributed by atoms with Gasteiger partial charge in [0.2, 0.25) is 5.91 Å². The van der Waals surface area contributed by atoms with Crippen LogP contribution in [0.25, 0.3) is 0 Å². The highest BCUT2D eigenvalue weighted by molar-refractivity contribution is 14.0. The van der Waals surface area contributed by atoms with Gasteiger partial charge in [-0.15, -0.1) is 24.0 Å². The zero-order valence-electron chi connectivity index (χ0n) is 19.6. The molecule has 0 heterocycles. The van der Waals surface area contributed by atoms with Crippen molar-refractivity contribution in [3.8, 4) is 11.5 Å². The molecule has 0 saturated carbocycles. The second-order valence-electron chi connectivity index (χ2n) is 7.49. The number of primary amides is 1. The molecule has 0 saturated heterocycles. The largest absolute Gasteiger partial charge is 0.493 e. The van der Waals surface area contributed by atoms with Crippen LogP contribution >= 0.6 is 24.0 Å². The van der Waals surface area contributed by atoms with Crippen molar-refractivity contribution in [3.05, 3.63) is 59.4 Å². The quantitative estimate of drug-likeness (QED) is 0.245. The Balaban J connectivity index is 0.00000544. The fourth-order valence-electron chi connectivity index (χ4n) is 3.27. The molecule has 2 rings (SSSR count). The average Bonchev–Trinajstić information content (AvgIpc) is 2.80. The predicted octanol–water partition coefficient (Wildman–Crippen LogP) is 3.24. The Kier molecular flexibility index (Phi) is 12.6. The minimum atomic E-state index is -0.478. The summed E-state index contributed by atoms with van der Waals surface area (Å²) < 4.78 is 23.8. The molecule has 0 aliphatic carbocycles. The van der Waals surface area contributed by atoms with Gasteiger partial charge < -0.3 is 25.4 Å². The highest BCUT2D eigenvalue weighted by Crippen LogP contribution is 2.27. The SMILES string of the molecule is CCNC(=NCC(Cc1ccc(F)cc1)C(N)=O)N(C)CCc1ccc(OC)c(OC)c1.I. The van der Waals surface area contributed by atoms with Crippen molar-refractivity contribution in [2.24, 2.45) is 16.6 Å². The van der Waals surface area contributed by atoms with Gasteiger partial charge in [0.15, 0.2) is 17.5 Å². The number of halogens is 2. The lowest BCUT2D eigenvalue weighted by Gasteiger charge is -2.23. The molecule has 1 atom stereocenters. The number of likely N-dealkylation sites (N-methyl/N-ethyl adjacent to an activating group) is 1. The van der Waals surface area contributed by atoms with E-state index in [0.717, 1.165) is 17.5 Å². The molecule has 1 amide bonds. The molecule has 0 fully saturated rings. The molecule has 0 spiro atoms. The number of benzene rings is 2. The van der Waals surface area contributed by atoms with Gasteiger partial charge in [0, 0.05) is 20.1 Å². The summed E-state index contributed by atoms with van der Waals surface area (Å²) in [5.74, 6) is 0.859. The molecule has 3 N–H and O–H groups in total. The first-order chi connectivity index (χ1) is 15.4.